The number of allylic oxidation sites excluding steroid dienone is 1. The van der Waals surface area contributed by atoms with Crippen LogP contribution in [0.3, 0.4) is 0 Å². The highest BCUT2D eigenvalue weighted by Crippen LogP contribution is 2.39. The molecular formula is C24H24ClN5O2S2. The molecule has 0 fully saturated rings. The van der Waals surface area contributed by atoms with Crippen molar-refractivity contribution in [2.24, 2.45) is 5.92 Å². The van der Waals surface area contributed by atoms with Crippen molar-refractivity contribution in [3.63, 3.8) is 0 Å². The van der Waals surface area contributed by atoms with E-state index in [4.69, 9.17) is 16.3 Å². The van der Waals surface area contributed by atoms with Crippen molar-refractivity contribution >= 4 is 45.6 Å². The molecule has 1 amide bonds. The van der Waals surface area contributed by atoms with E-state index in [1.807, 2.05) is 16.7 Å². The van der Waals surface area contributed by atoms with Gasteiger partial charge in [0.25, 0.3) is 0 Å². The lowest BCUT2D eigenvalue weighted by Gasteiger charge is -2.17. The van der Waals surface area contributed by atoms with Crippen molar-refractivity contribution in [1.29, 1.82) is 5.26 Å². The van der Waals surface area contributed by atoms with Gasteiger partial charge in [0.1, 0.15) is 23.4 Å². The Morgan fingerprint density at radius 3 is 3.06 bits per heavy atom. The minimum Gasteiger partial charge on any atom is -0.484 e. The second-order valence-corrected chi connectivity index (χ2v) is 10.5. The Morgan fingerprint density at radius 2 is 2.29 bits per heavy atom. The molecule has 176 valence electrons. The third-order valence-corrected chi connectivity index (χ3v) is 7.96. The lowest BCUT2D eigenvalue weighted by molar-refractivity contribution is -0.113. The minimum atomic E-state index is -0.185. The number of hydrogen-bond acceptors (Lipinski definition) is 7. The molecule has 4 rings (SSSR count). The summed E-state index contributed by atoms with van der Waals surface area (Å²) in [4.78, 5) is 13.9. The van der Waals surface area contributed by atoms with Gasteiger partial charge in [-0.2, -0.15) is 5.26 Å². The van der Waals surface area contributed by atoms with Crippen molar-refractivity contribution < 1.29 is 9.53 Å². The Hall–Kier alpha value is -2.80. The van der Waals surface area contributed by atoms with Crippen LogP contribution in [0.25, 0.3) is 0 Å². The van der Waals surface area contributed by atoms with E-state index in [-0.39, 0.29) is 18.3 Å². The number of carbonyl (C=O) groups is 1. The molecule has 1 aliphatic rings. The van der Waals surface area contributed by atoms with Crippen molar-refractivity contribution in [2.45, 2.75) is 44.5 Å². The third kappa shape index (κ3) is 5.46. The van der Waals surface area contributed by atoms with Gasteiger partial charge in [-0.05, 0) is 42.9 Å². The maximum atomic E-state index is 12.7. The third-order valence-electron chi connectivity index (χ3n) is 5.51. The smallest absolute Gasteiger partial charge is 0.235 e. The summed E-state index contributed by atoms with van der Waals surface area (Å²) in [7, 11) is 0. The number of thiophene rings is 1. The van der Waals surface area contributed by atoms with Gasteiger partial charge in [0.05, 0.1) is 16.3 Å². The van der Waals surface area contributed by atoms with Gasteiger partial charge < -0.3 is 10.1 Å². The molecule has 3 aromatic rings. The quantitative estimate of drug-likeness (QED) is 0.300. The van der Waals surface area contributed by atoms with E-state index in [9.17, 15) is 10.1 Å². The molecule has 1 aromatic carbocycles. The number of nitrogens with one attached hydrogen (secondary N) is 1. The van der Waals surface area contributed by atoms with Crippen LogP contribution in [0.1, 0.15) is 35.2 Å². The second kappa shape index (κ2) is 11.1. The molecule has 7 nitrogen and oxygen atoms in total. The van der Waals surface area contributed by atoms with Crippen molar-refractivity contribution in [2.75, 3.05) is 11.1 Å². The number of thioether (sulfide) groups is 1. The summed E-state index contributed by atoms with van der Waals surface area (Å²) in [5.41, 5.74) is 1.71. The summed E-state index contributed by atoms with van der Waals surface area (Å²) >= 11 is 8.96. The van der Waals surface area contributed by atoms with E-state index in [2.05, 4.69) is 35.1 Å². The Kier molecular flexibility index (Phi) is 7.93. The summed E-state index contributed by atoms with van der Waals surface area (Å²) in [6, 6.07) is 9.51. The number of amides is 1. The molecule has 0 aliphatic heterocycles. The topological polar surface area (TPSA) is 92.8 Å². The Bertz CT molecular complexity index is 1250. The first-order valence-corrected chi connectivity index (χ1v) is 13.1. The summed E-state index contributed by atoms with van der Waals surface area (Å²) in [6.45, 7) is 6.68. The Balaban J connectivity index is 1.40. The molecule has 10 heteroatoms. The molecule has 1 atom stereocenters. The monoisotopic (exact) mass is 513 g/mol. The predicted molar refractivity (Wildman–Crippen MR) is 136 cm³/mol. The van der Waals surface area contributed by atoms with Crippen LogP contribution in [-0.4, -0.2) is 26.4 Å². The molecule has 0 saturated carbocycles. The van der Waals surface area contributed by atoms with E-state index in [0.717, 1.165) is 24.8 Å². The number of ether oxygens (including phenoxy) is 1. The second-order valence-electron chi connectivity index (χ2n) is 8.02. The minimum absolute atomic E-state index is 0.143. The highest BCUT2D eigenvalue weighted by molar-refractivity contribution is 7.99. The van der Waals surface area contributed by atoms with E-state index < -0.39 is 0 Å². The maximum Gasteiger partial charge on any atom is 0.235 e. The number of hydrogen-bond donors (Lipinski definition) is 1. The van der Waals surface area contributed by atoms with Crippen LogP contribution in [0.4, 0.5) is 5.00 Å². The Morgan fingerprint density at radius 1 is 1.47 bits per heavy atom. The number of fused-ring (bicyclic) bond motifs is 1. The molecule has 1 aliphatic carbocycles. The highest BCUT2D eigenvalue weighted by Gasteiger charge is 2.25. The number of para-hydroxylation sites is 1. The number of carbonyl (C=O) groups excluding carboxylic acids is 1. The zero-order valence-corrected chi connectivity index (χ0v) is 21.1. The van der Waals surface area contributed by atoms with Crippen LogP contribution in [0, 0.1) is 17.2 Å². The van der Waals surface area contributed by atoms with Crippen molar-refractivity contribution in [3.8, 4) is 11.8 Å². The van der Waals surface area contributed by atoms with Crippen LogP contribution >= 0.6 is 34.7 Å². The highest BCUT2D eigenvalue weighted by atomic mass is 35.5. The van der Waals surface area contributed by atoms with Gasteiger partial charge >= 0.3 is 0 Å². The first-order chi connectivity index (χ1) is 16.5. The maximum absolute atomic E-state index is 12.7. The molecule has 2 aromatic heterocycles. The Labute approximate surface area is 211 Å². The molecule has 1 N–H and O–H groups in total. The fourth-order valence-electron chi connectivity index (χ4n) is 3.80. The molecule has 34 heavy (non-hydrogen) atoms. The van der Waals surface area contributed by atoms with Gasteiger partial charge in [-0.15, -0.1) is 28.1 Å². The number of nitriles is 1. The van der Waals surface area contributed by atoms with Gasteiger partial charge in [0.15, 0.2) is 11.0 Å². The molecular weight excluding hydrogens is 490 g/mol. The van der Waals surface area contributed by atoms with Crippen LogP contribution in [0.2, 0.25) is 5.02 Å². The van der Waals surface area contributed by atoms with E-state index in [0.29, 0.717) is 44.8 Å². The molecule has 0 bridgehead atoms. The number of rotatable bonds is 9. The lowest BCUT2D eigenvalue weighted by atomic mass is 9.89. The number of anilines is 1. The number of halogens is 1. The van der Waals surface area contributed by atoms with Gasteiger partial charge in [-0.1, -0.05) is 48.5 Å². The first kappa shape index (κ1) is 24.3. The number of nitrogens with zero attached hydrogens (tertiary/aromatic N) is 4. The zero-order chi connectivity index (χ0) is 24.1. The van der Waals surface area contributed by atoms with Gasteiger partial charge in [-0.3, -0.25) is 9.36 Å². The fourth-order valence-corrected chi connectivity index (χ4v) is 6.13. The average molecular weight is 514 g/mol. The van der Waals surface area contributed by atoms with E-state index in [1.165, 1.54) is 28.0 Å². The van der Waals surface area contributed by atoms with Crippen molar-refractivity contribution in [1.82, 2.24) is 14.8 Å². The SMILES string of the molecule is C=CCn1c(COc2ccccc2Cl)nnc1SCC(=O)Nc1sc2c(c1C#N)CCC(C)C2. The molecule has 2 heterocycles. The molecule has 0 saturated heterocycles. The standard InChI is InChI=1S/C24H24ClN5O2S2/c1-3-10-30-21(13-32-19-7-5-4-6-18(19)25)28-29-24(30)33-14-22(31)27-23-17(12-26)16-9-8-15(2)11-20(16)34-23/h3-7,15H,1,8-11,13-14H2,2H3,(H,27,31). The summed E-state index contributed by atoms with van der Waals surface area (Å²) in [6.07, 6.45) is 4.67. The van der Waals surface area contributed by atoms with E-state index in [1.54, 1.807) is 18.2 Å². The zero-order valence-electron chi connectivity index (χ0n) is 18.7. The van der Waals surface area contributed by atoms with Gasteiger partial charge in [-0.25, -0.2) is 0 Å². The summed E-state index contributed by atoms with van der Waals surface area (Å²) in [5.74, 6) is 1.73. The van der Waals surface area contributed by atoms with E-state index >= 15 is 0 Å². The van der Waals surface area contributed by atoms with Crippen LogP contribution < -0.4 is 10.1 Å². The number of benzene rings is 1. The van der Waals surface area contributed by atoms with Gasteiger partial charge in [0, 0.05) is 11.4 Å². The summed E-state index contributed by atoms with van der Waals surface area (Å²) in [5, 5.41) is 22.8. The fraction of sp³-hybridized carbons (Fsp3) is 0.333. The van der Waals surface area contributed by atoms with Crippen LogP contribution in [-0.2, 0) is 30.8 Å². The molecule has 0 radical (unpaired) electrons. The predicted octanol–water partition coefficient (Wildman–Crippen LogP) is 5.49. The lowest BCUT2D eigenvalue weighted by Crippen LogP contribution is -2.15. The largest absolute Gasteiger partial charge is 0.484 e. The van der Waals surface area contributed by atoms with Crippen LogP contribution in [0.5, 0.6) is 5.75 Å². The summed E-state index contributed by atoms with van der Waals surface area (Å²) < 4.78 is 7.65. The average Bonchev–Trinajstić information content (AvgIpc) is 3.36. The number of aromatic nitrogens is 3. The van der Waals surface area contributed by atoms with Crippen molar-refractivity contribution in [3.05, 3.63) is 63.8 Å². The van der Waals surface area contributed by atoms with Crippen LogP contribution in [0.15, 0.2) is 42.1 Å². The first-order valence-electron chi connectivity index (χ1n) is 10.9. The molecule has 0 spiro atoms. The molecule has 1 unspecified atom stereocenters. The normalized spacial score (nSPS) is 14.8. The van der Waals surface area contributed by atoms with Gasteiger partial charge in [0.2, 0.25) is 5.91 Å².